The molecular formula is C15H18O3. The van der Waals surface area contributed by atoms with E-state index in [-0.39, 0.29) is 24.1 Å². The maximum Gasteiger partial charge on any atom is 0.166 e. The summed E-state index contributed by atoms with van der Waals surface area (Å²) in [5.41, 5.74) is 2.67. The fraction of sp³-hybridized carbons (Fsp3) is 0.533. The van der Waals surface area contributed by atoms with Gasteiger partial charge in [-0.15, -0.1) is 0 Å². The van der Waals surface area contributed by atoms with Gasteiger partial charge in [0.15, 0.2) is 5.78 Å². The Morgan fingerprint density at radius 1 is 1.28 bits per heavy atom. The molecule has 3 nitrogen and oxygen atoms in total. The molecule has 0 amide bonds. The minimum Gasteiger partial charge on any atom is -0.371 e. The summed E-state index contributed by atoms with van der Waals surface area (Å²) < 4.78 is 11.2. The molecule has 3 rings (SSSR count). The fourth-order valence-corrected chi connectivity index (χ4v) is 2.93. The predicted molar refractivity (Wildman–Crippen MR) is 67.4 cm³/mol. The van der Waals surface area contributed by atoms with Crippen molar-refractivity contribution in [3.05, 3.63) is 35.4 Å². The Bertz CT molecular complexity index is 455. The number of hydrogen-bond acceptors (Lipinski definition) is 3. The Labute approximate surface area is 107 Å². The first-order chi connectivity index (χ1) is 8.79. The Kier molecular flexibility index (Phi) is 3.18. The van der Waals surface area contributed by atoms with E-state index in [0.29, 0.717) is 6.42 Å². The van der Waals surface area contributed by atoms with Crippen LogP contribution in [0.1, 0.15) is 36.5 Å². The van der Waals surface area contributed by atoms with E-state index in [1.54, 1.807) is 7.11 Å². The molecule has 2 aliphatic carbocycles. The zero-order valence-corrected chi connectivity index (χ0v) is 10.6. The lowest BCUT2D eigenvalue weighted by molar-refractivity contribution is -0.170. The van der Waals surface area contributed by atoms with E-state index >= 15 is 0 Å². The van der Waals surface area contributed by atoms with Crippen molar-refractivity contribution in [3.63, 3.8) is 0 Å². The summed E-state index contributed by atoms with van der Waals surface area (Å²) in [6.07, 6.45) is 3.55. The van der Waals surface area contributed by atoms with Crippen molar-refractivity contribution in [2.24, 2.45) is 0 Å². The van der Waals surface area contributed by atoms with Crippen molar-refractivity contribution in [1.29, 1.82) is 0 Å². The van der Waals surface area contributed by atoms with Gasteiger partial charge in [-0.05, 0) is 30.4 Å². The summed E-state index contributed by atoms with van der Waals surface area (Å²) in [7, 11) is 1.58. The second kappa shape index (κ2) is 4.82. The smallest absolute Gasteiger partial charge is 0.166 e. The van der Waals surface area contributed by atoms with Crippen LogP contribution in [-0.2, 0) is 20.7 Å². The third-order valence-corrected chi connectivity index (χ3v) is 3.96. The summed E-state index contributed by atoms with van der Waals surface area (Å²) >= 11 is 0. The number of fused-ring (bicyclic) bond motifs is 1. The quantitative estimate of drug-likeness (QED) is 0.821. The minimum absolute atomic E-state index is 0.0568. The van der Waals surface area contributed by atoms with Gasteiger partial charge in [-0.2, -0.15) is 0 Å². The molecule has 0 aromatic heterocycles. The molecule has 0 bridgehead atoms. The fourth-order valence-electron chi connectivity index (χ4n) is 2.93. The van der Waals surface area contributed by atoms with Crippen LogP contribution in [-0.4, -0.2) is 25.1 Å². The highest BCUT2D eigenvalue weighted by atomic mass is 16.5. The number of ketones is 1. The minimum atomic E-state index is -0.348. The molecular weight excluding hydrogens is 228 g/mol. The summed E-state index contributed by atoms with van der Waals surface area (Å²) in [5, 5.41) is 0. The van der Waals surface area contributed by atoms with Gasteiger partial charge in [-0.25, -0.2) is 0 Å². The van der Waals surface area contributed by atoms with Crippen molar-refractivity contribution < 1.29 is 14.3 Å². The van der Waals surface area contributed by atoms with Gasteiger partial charge in [0, 0.05) is 13.5 Å². The van der Waals surface area contributed by atoms with E-state index in [0.717, 1.165) is 19.3 Å². The van der Waals surface area contributed by atoms with E-state index in [4.69, 9.17) is 9.47 Å². The molecule has 1 aromatic carbocycles. The number of aryl methyl sites for hydroxylation is 1. The van der Waals surface area contributed by atoms with Crippen molar-refractivity contribution in [1.82, 2.24) is 0 Å². The average Bonchev–Trinajstić information content (AvgIpc) is 2.39. The van der Waals surface area contributed by atoms with Crippen molar-refractivity contribution in [2.75, 3.05) is 7.11 Å². The average molecular weight is 246 g/mol. The monoisotopic (exact) mass is 246 g/mol. The second-order valence-corrected chi connectivity index (χ2v) is 5.08. The van der Waals surface area contributed by atoms with Crippen LogP contribution in [0.5, 0.6) is 0 Å². The number of Topliss-reactive ketones (excluding diaryl/α,β-unsaturated/α-hetero) is 1. The summed E-state index contributed by atoms with van der Waals surface area (Å²) in [6.45, 7) is 0. The lowest BCUT2D eigenvalue weighted by Crippen LogP contribution is -2.50. The molecule has 1 aromatic rings. The maximum absolute atomic E-state index is 11.4. The van der Waals surface area contributed by atoms with E-state index in [1.807, 2.05) is 0 Å². The molecule has 3 unspecified atom stereocenters. The number of carbonyl (C=O) groups is 1. The molecule has 1 saturated carbocycles. The van der Waals surface area contributed by atoms with Gasteiger partial charge in [-0.1, -0.05) is 24.3 Å². The zero-order chi connectivity index (χ0) is 12.5. The third-order valence-electron chi connectivity index (χ3n) is 3.96. The molecule has 0 radical (unpaired) electrons. The molecule has 2 aliphatic rings. The van der Waals surface area contributed by atoms with Gasteiger partial charge in [0.1, 0.15) is 6.10 Å². The molecule has 0 spiro atoms. The zero-order valence-electron chi connectivity index (χ0n) is 10.6. The summed E-state index contributed by atoms with van der Waals surface area (Å²) in [5.74, 6) is 0.159. The van der Waals surface area contributed by atoms with Crippen LogP contribution in [0, 0.1) is 0 Å². The molecule has 3 heteroatoms. The number of hydrogen-bond donors (Lipinski definition) is 0. The molecule has 0 saturated heterocycles. The molecule has 18 heavy (non-hydrogen) atoms. The number of ether oxygens (including phenoxy) is 2. The molecule has 0 N–H and O–H groups in total. The van der Waals surface area contributed by atoms with Gasteiger partial charge in [-0.3, -0.25) is 4.79 Å². The molecule has 3 atom stereocenters. The topological polar surface area (TPSA) is 35.5 Å². The van der Waals surface area contributed by atoms with Crippen LogP contribution in [0.25, 0.3) is 0 Å². The van der Waals surface area contributed by atoms with Gasteiger partial charge in [0.25, 0.3) is 0 Å². The first kappa shape index (κ1) is 11.9. The van der Waals surface area contributed by atoms with Crippen molar-refractivity contribution in [2.45, 2.75) is 44.0 Å². The Hall–Kier alpha value is -1.19. The van der Waals surface area contributed by atoms with E-state index in [2.05, 4.69) is 24.3 Å². The maximum atomic E-state index is 11.4. The first-order valence-electron chi connectivity index (χ1n) is 6.58. The van der Waals surface area contributed by atoms with Gasteiger partial charge in [0.2, 0.25) is 0 Å². The molecule has 0 aliphatic heterocycles. The number of methoxy groups -OCH3 is 1. The summed E-state index contributed by atoms with van der Waals surface area (Å²) in [6, 6.07) is 8.44. The number of rotatable bonds is 3. The van der Waals surface area contributed by atoms with E-state index in [1.165, 1.54) is 11.1 Å². The van der Waals surface area contributed by atoms with Gasteiger partial charge >= 0.3 is 0 Å². The first-order valence-corrected chi connectivity index (χ1v) is 6.58. The Balaban J connectivity index is 1.73. The summed E-state index contributed by atoms with van der Waals surface area (Å²) in [4.78, 5) is 11.4. The highest BCUT2D eigenvalue weighted by molar-refractivity contribution is 5.90. The van der Waals surface area contributed by atoms with Crippen LogP contribution < -0.4 is 0 Å². The van der Waals surface area contributed by atoms with Crippen LogP contribution in [0.15, 0.2) is 24.3 Å². The molecule has 96 valence electrons. The number of carbonyl (C=O) groups excluding carboxylic acids is 1. The lowest BCUT2D eigenvalue weighted by atomic mass is 9.86. The number of benzene rings is 1. The molecule has 1 fully saturated rings. The normalized spacial score (nSPS) is 30.7. The van der Waals surface area contributed by atoms with Crippen LogP contribution in [0.4, 0.5) is 0 Å². The predicted octanol–water partition coefficient (Wildman–Crippen LogP) is 2.44. The highest BCUT2D eigenvalue weighted by Gasteiger charge is 2.42. The second-order valence-electron chi connectivity index (χ2n) is 5.08. The SMILES string of the molecule is COC1C(=O)CC1OC1CCCc2ccccc21. The van der Waals surface area contributed by atoms with E-state index < -0.39 is 0 Å². The van der Waals surface area contributed by atoms with Gasteiger partial charge < -0.3 is 9.47 Å². The standard InChI is InChI=1S/C15H18O3/c1-17-15-12(16)9-14(15)18-13-8-4-6-10-5-2-3-7-11(10)13/h2-3,5,7,13-15H,4,6,8-9H2,1H3. The lowest BCUT2D eigenvalue weighted by Gasteiger charge is -2.37. The van der Waals surface area contributed by atoms with Crippen LogP contribution >= 0.6 is 0 Å². The van der Waals surface area contributed by atoms with Crippen LogP contribution in [0.3, 0.4) is 0 Å². The Morgan fingerprint density at radius 3 is 2.89 bits per heavy atom. The van der Waals surface area contributed by atoms with Gasteiger partial charge in [0.05, 0.1) is 12.2 Å². The largest absolute Gasteiger partial charge is 0.371 e. The van der Waals surface area contributed by atoms with Crippen LogP contribution in [0.2, 0.25) is 0 Å². The van der Waals surface area contributed by atoms with Crippen molar-refractivity contribution >= 4 is 5.78 Å². The Morgan fingerprint density at radius 2 is 2.11 bits per heavy atom. The molecule has 0 heterocycles. The van der Waals surface area contributed by atoms with E-state index in [9.17, 15) is 4.79 Å². The van der Waals surface area contributed by atoms with Crippen molar-refractivity contribution in [3.8, 4) is 0 Å². The highest BCUT2D eigenvalue weighted by Crippen LogP contribution is 2.36. The third kappa shape index (κ3) is 1.98.